The number of rotatable bonds is 2. The monoisotopic (exact) mass is 238 g/mol. The number of esters is 2. The summed E-state index contributed by atoms with van der Waals surface area (Å²) < 4.78 is 15.0. The summed E-state index contributed by atoms with van der Waals surface area (Å²) in [7, 11) is 2.56. The Morgan fingerprint density at radius 3 is 1.65 bits per heavy atom. The lowest BCUT2D eigenvalue weighted by molar-refractivity contribution is -0.156. The van der Waals surface area contributed by atoms with Crippen LogP contribution in [0.15, 0.2) is 24.3 Å². The van der Waals surface area contributed by atoms with Gasteiger partial charge in [0.05, 0.1) is 26.4 Å². The lowest BCUT2D eigenvalue weighted by Gasteiger charge is -2.26. The molecule has 17 heavy (non-hydrogen) atoms. The van der Waals surface area contributed by atoms with Gasteiger partial charge in [-0.15, -0.1) is 0 Å². The number of hydrogen-bond donors (Lipinski definition) is 0. The predicted molar refractivity (Wildman–Crippen MR) is 58.0 cm³/mol. The van der Waals surface area contributed by atoms with Crippen LogP contribution in [-0.4, -0.2) is 38.4 Å². The maximum absolute atomic E-state index is 11.7. The van der Waals surface area contributed by atoms with Crippen molar-refractivity contribution in [2.24, 2.45) is 11.8 Å². The number of carbonyl (C=O) groups excluding carboxylic acids is 2. The summed E-state index contributed by atoms with van der Waals surface area (Å²) in [6.07, 6.45) is -1.05. The Hall–Kier alpha value is -1.62. The summed E-state index contributed by atoms with van der Waals surface area (Å²) >= 11 is 0. The predicted octanol–water partition coefficient (Wildman–Crippen LogP) is 0.458. The van der Waals surface area contributed by atoms with Crippen LogP contribution in [0.25, 0.3) is 0 Å². The van der Waals surface area contributed by atoms with Crippen molar-refractivity contribution in [3.63, 3.8) is 0 Å². The molecule has 0 saturated carbocycles. The maximum atomic E-state index is 11.7. The molecular formula is C12H14O5. The molecule has 2 bridgehead atoms. The van der Waals surface area contributed by atoms with Gasteiger partial charge >= 0.3 is 11.9 Å². The van der Waals surface area contributed by atoms with Crippen molar-refractivity contribution < 1.29 is 23.8 Å². The minimum absolute atomic E-state index is 0.485. The van der Waals surface area contributed by atoms with Crippen LogP contribution in [0, 0.1) is 11.8 Å². The lowest BCUT2D eigenvalue weighted by atomic mass is 9.75. The SMILES string of the molecule is C=C1C(=C)C2OC1C(C(=O)OC)C2C(=O)OC. The van der Waals surface area contributed by atoms with Crippen LogP contribution in [0.3, 0.4) is 0 Å². The third-order valence-corrected chi connectivity index (χ3v) is 3.38. The van der Waals surface area contributed by atoms with Crippen molar-refractivity contribution in [1.82, 2.24) is 0 Å². The molecule has 2 aliphatic heterocycles. The number of methoxy groups -OCH3 is 2. The van der Waals surface area contributed by atoms with Crippen molar-refractivity contribution in [3.05, 3.63) is 24.3 Å². The molecule has 2 rings (SSSR count). The average Bonchev–Trinajstić information content (AvgIpc) is 2.85. The molecule has 0 spiro atoms. The van der Waals surface area contributed by atoms with Gasteiger partial charge in [-0.05, 0) is 11.1 Å². The van der Waals surface area contributed by atoms with E-state index in [-0.39, 0.29) is 0 Å². The molecule has 2 fully saturated rings. The number of ether oxygens (including phenoxy) is 3. The van der Waals surface area contributed by atoms with Crippen molar-refractivity contribution in [3.8, 4) is 0 Å². The van der Waals surface area contributed by atoms with Gasteiger partial charge in [-0.3, -0.25) is 9.59 Å². The van der Waals surface area contributed by atoms with E-state index in [1.807, 2.05) is 0 Å². The smallest absolute Gasteiger partial charge is 0.312 e. The van der Waals surface area contributed by atoms with Crippen LogP contribution in [0.2, 0.25) is 0 Å². The van der Waals surface area contributed by atoms with Gasteiger partial charge in [-0.2, -0.15) is 0 Å². The van der Waals surface area contributed by atoms with Crippen LogP contribution in [0.1, 0.15) is 0 Å². The summed E-state index contributed by atoms with van der Waals surface area (Å²) in [5, 5.41) is 0. The molecule has 0 aromatic carbocycles. The first-order valence-corrected chi connectivity index (χ1v) is 5.22. The van der Waals surface area contributed by atoms with Crippen LogP contribution >= 0.6 is 0 Å². The van der Waals surface area contributed by atoms with Gasteiger partial charge in [0.2, 0.25) is 0 Å². The fourth-order valence-corrected chi connectivity index (χ4v) is 2.48. The van der Waals surface area contributed by atoms with Crippen molar-refractivity contribution >= 4 is 11.9 Å². The number of fused-ring (bicyclic) bond motifs is 2. The summed E-state index contributed by atoms with van der Waals surface area (Å²) in [4.78, 5) is 23.4. The number of carbonyl (C=O) groups is 2. The van der Waals surface area contributed by atoms with E-state index in [2.05, 4.69) is 13.2 Å². The molecule has 2 heterocycles. The van der Waals surface area contributed by atoms with Crippen molar-refractivity contribution in [2.75, 3.05) is 14.2 Å². The quantitative estimate of drug-likeness (QED) is 0.654. The second-order valence-electron chi connectivity index (χ2n) is 4.13. The summed E-state index contributed by atoms with van der Waals surface area (Å²) in [6.45, 7) is 7.64. The van der Waals surface area contributed by atoms with E-state index in [4.69, 9.17) is 14.2 Å². The Morgan fingerprint density at radius 2 is 1.35 bits per heavy atom. The third kappa shape index (κ3) is 1.50. The molecule has 92 valence electrons. The molecule has 0 radical (unpaired) electrons. The molecule has 2 saturated heterocycles. The molecule has 4 atom stereocenters. The Balaban J connectivity index is 2.36. The van der Waals surface area contributed by atoms with Gasteiger partial charge < -0.3 is 14.2 Å². The van der Waals surface area contributed by atoms with Gasteiger partial charge in [-0.25, -0.2) is 0 Å². The fraction of sp³-hybridized carbons (Fsp3) is 0.500. The zero-order valence-electron chi connectivity index (χ0n) is 9.76. The molecule has 0 aromatic heterocycles. The van der Waals surface area contributed by atoms with E-state index in [9.17, 15) is 9.59 Å². The summed E-state index contributed by atoms with van der Waals surface area (Å²) in [6, 6.07) is 0. The molecule has 0 aliphatic carbocycles. The Morgan fingerprint density at radius 1 is 1.00 bits per heavy atom. The highest BCUT2D eigenvalue weighted by atomic mass is 16.6. The van der Waals surface area contributed by atoms with E-state index in [1.165, 1.54) is 14.2 Å². The van der Waals surface area contributed by atoms with Crippen LogP contribution < -0.4 is 0 Å². The molecule has 0 amide bonds. The van der Waals surface area contributed by atoms with E-state index in [0.29, 0.717) is 11.1 Å². The van der Waals surface area contributed by atoms with Gasteiger partial charge in [0.25, 0.3) is 0 Å². The third-order valence-electron chi connectivity index (χ3n) is 3.38. The number of hydrogen-bond acceptors (Lipinski definition) is 5. The zero-order chi connectivity index (χ0) is 12.7. The Bertz CT molecular complexity index is 373. The Kier molecular flexibility index (Phi) is 2.79. The first kappa shape index (κ1) is 11.9. The Labute approximate surface area is 99.0 Å². The van der Waals surface area contributed by atoms with Crippen molar-refractivity contribution in [1.29, 1.82) is 0 Å². The topological polar surface area (TPSA) is 61.8 Å². The molecular weight excluding hydrogens is 224 g/mol. The lowest BCUT2D eigenvalue weighted by Crippen LogP contribution is -2.41. The molecule has 2 aliphatic rings. The standard InChI is InChI=1S/C12H14O5/c1-5-6(2)10-8(12(14)16-4)7(9(5)17-10)11(13)15-3/h7-10H,1-2H2,3-4H3. The fourth-order valence-electron chi connectivity index (χ4n) is 2.48. The molecule has 0 aromatic rings. The minimum atomic E-state index is -0.685. The van der Waals surface area contributed by atoms with Gasteiger partial charge in [0, 0.05) is 0 Å². The van der Waals surface area contributed by atoms with Crippen molar-refractivity contribution in [2.45, 2.75) is 12.2 Å². The highest BCUT2D eigenvalue weighted by Crippen LogP contribution is 2.49. The van der Waals surface area contributed by atoms with Crippen LogP contribution in [0.4, 0.5) is 0 Å². The summed E-state index contributed by atoms with van der Waals surface area (Å²) in [5.41, 5.74) is 1.32. The van der Waals surface area contributed by atoms with Gasteiger partial charge in [0.1, 0.15) is 11.8 Å². The normalized spacial score (nSPS) is 34.9. The van der Waals surface area contributed by atoms with E-state index in [1.54, 1.807) is 0 Å². The minimum Gasteiger partial charge on any atom is -0.469 e. The largest absolute Gasteiger partial charge is 0.469 e. The molecule has 0 N–H and O–H groups in total. The van der Waals surface area contributed by atoms with Crippen LogP contribution in [-0.2, 0) is 23.8 Å². The highest BCUT2D eigenvalue weighted by molar-refractivity contribution is 5.86. The van der Waals surface area contributed by atoms with Gasteiger partial charge in [0.15, 0.2) is 0 Å². The first-order valence-electron chi connectivity index (χ1n) is 5.22. The average molecular weight is 238 g/mol. The van der Waals surface area contributed by atoms with E-state index >= 15 is 0 Å². The first-order chi connectivity index (χ1) is 8.02. The van der Waals surface area contributed by atoms with E-state index in [0.717, 1.165) is 0 Å². The highest BCUT2D eigenvalue weighted by Gasteiger charge is 2.59. The summed E-state index contributed by atoms with van der Waals surface area (Å²) in [5.74, 6) is -2.34. The van der Waals surface area contributed by atoms with Gasteiger partial charge in [-0.1, -0.05) is 13.2 Å². The van der Waals surface area contributed by atoms with E-state index < -0.39 is 36.0 Å². The van der Waals surface area contributed by atoms with Crippen LogP contribution in [0.5, 0.6) is 0 Å². The molecule has 5 heteroatoms. The second kappa shape index (κ2) is 4.00. The maximum Gasteiger partial charge on any atom is 0.312 e. The molecule has 5 nitrogen and oxygen atoms in total. The second-order valence-corrected chi connectivity index (χ2v) is 4.13. The molecule has 4 unspecified atom stereocenters. The zero-order valence-corrected chi connectivity index (χ0v) is 9.76.